The summed E-state index contributed by atoms with van der Waals surface area (Å²) in [5, 5.41) is 12.2. The summed E-state index contributed by atoms with van der Waals surface area (Å²) in [6, 6.07) is 0. The molecule has 1 aliphatic carbocycles. The van der Waals surface area contributed by atoms with Gasteiger partial charge in [0.1, 0.15) is 0 Å². The Morgan fingerprint density at radius 3 is 2.45 bits per heavy atom. The van der Waals surface area contributed by atoms with E-state index in [1.54, 1.807) is 17.1 Å². The van der Waals surface area contributed by atoms with Crippen LogP contribution in [-0.2, 0) is 9.59 Å². The molecule has 5 nitrogen and oxygen atoms in total. The number of hydrogen-bond acceptors (Lipinski definition) is 3. The second-order valence-electron chi connectivity index (χ2n) is 5.14. The molecule has 1 saturated carbocycles. The molecule has 112 valence electrons. The molecular formula is C15H24N2O3. The van der Waals surface area contributed by atoms with Crippen LogP contribution in [0.25, 0.3) is 0 Å². The van der Waals surface area contributed by atoms with E-state index in [1.807, 2.05) is 0 Å². The van der Waals surface area contributed by atoms with Crippen molar-refractivity contribution >= 4 is 11.9 Å². The molecule has 1 fully saturated rings. The van der Waals surface area contributed by atoms with Crippen molar-refractivity contribution in [1.29, 1.82) is 0 Å². The number of carbonyl (C=O) groups is 2. The van der Waals surface area contributed by atoms with Crippen LogP contribution in [0.3, 0.4) is 0 Å². The zero-order valence-corrected chi connectivity index (χ0v) is 11.9. The number of carboxylic acid groups (broad SMARTS) is 1. The van der Waals surface area contributed by atoms with Crippen molar-refractivity contribution in [3.63, 3.8) is 0 Å². The lowest BCUT2D eigenvalue weighted by Gasteiger charge is -2.21. The quantitative estimate of drug-likeness (QED) is 0.624. The predicted octanol–water partition coefficient (Wildman–Crippen LogP) is 1.28. The third kappa shape index (κ3) is 4.81. The second kappa shape index (κ2) is 8.53. The first-order chi connectivity index (χ1) is 9.60. The Hall–Kier alpha value is -1.62. The fourth-order valence-corrected chi connectivity index (χ4v) is 2.67. The Kier molecular flexibility index (Phi) is 7.01. The van der Waals surface area contributed by atoms with Gasteiger partial charge in [-0.05, 0) is 25.3 Å². The largest absolute Gasteiger partial charge is 0.481 e. The van der Waals surface area contributed by atoms with E-state index in [-0.39, 0.29) is 24.3 Å². The summed E-state index contributed by atoms with van der Waals surface area (Å²) < 4.78 is 0. The Labute approximate surface area is 120 Å². The van der Waals surface area contributed by atoms with Crippen molar-refractivity contribution in [3.8, 4) is 0 Å². The highest BCUT2D eigenvalue weighted by Crippen LogP contribution is 2.31. The number of hydrogen-bond donors (Lipinski definition) is 2. The lowest BCUT2D eigenvalue weighted by molar-refractivity contribution is -0.142. The zero-order chi connectivity index (χ0) is 15.0. The van der Waals surface area contributed by atoms with E-state index in [1.165, 1.54) is 0 Å². The van der Waals surface area contributed by atoms with Crippen molar-refractivity contribution in [2.24, 2.45) is 11.8 Å². The van der Waals surface area contributed by atoms with Crippen molar-refractivity contribution in [1.82, 2.24) is 10.2 Å². The summed E-state index contributed by atoms with van der Waals surface area (Å²) in [4.78, 5) is 24.7. The van der Waals surface area contributed by atoms with Crippen LogP contribution in [0.2, 0.25) is 0 Å². The maximum Gasteiger partial charge on any atom is 0.306 e. The SMILES string of the molecule is C=CCN(CC=C)C(=O)CNCC1CCCC1C(=O)O. The van der Waals surface area contributed by atoms with Gasteiger partial charge in [0, 0.05) is 13.1 Å². The van der Waals surface area contributed by atoms with Crippen molar-refractivity contribution in [2.45, 2.75) is 19.3 Å². The smallest absolute Gasteiger partial charge is 0.306 e. The molecule has 0 aromatic heterocycles. The van der Waals surface area contributed by atoms with E-state index in [0.717, 1.165) is 19.3 Å². The average molecular weight is 280 g/mol. The van der Waals surface area contributed by atoms with Gasteiger partial charge in [-0.25, -0.2) is 0 Å². The predicted molar refractivity (Wildman–Crippen MR) is 78.3 cm³/mol. The van der Waals surface area contributed by atoms with E-state index in [2.05, 4.69) is 18.5 Å². The number of rotatable bonds is 9. The van der Waals surface area contributed by atoms with E-state index in [9.17, 15) is 9.59 Å². The van der Waals surface area contributed by atoms with Gasteiger partial charge in [-0.15, -0.1) is 13.2 Å². The van der Waals surface area contributed by atoms with E-state index in [0.29, 0.717) is 19.6 Å². The van der Waals surface area contributed by atoms with Gasteiger partial charge >= 0.3 is 5.97 Å². The van der Waals surface area contributed by atoms with Crippen LogP contribution in [0.5, 0.6) is 0 Å². The van der Waals surface area contributed by atoms with Gasteiger partial charge in [-0.3, -0.25) is 9.59 Å². The van der Waals surface area contributed by atoms with Crippen LogP contribution >= 0.6 is 0 Å². The van der Waals surface area contributed by atoms with Gasteiger partial charge in [0.15, 0.2) is 0 Å². The minimum Gasteiger partial charge on any atom is -0.481 e. The first-order valence-electron chi connectivity index (χ1n) is 7.03. The molecule has 5 heteroatoms. The summed E-state index contributed by atoms with van der Waals surface area (Å²) >= 11 is 0. The number of carbonyl (C=O) groups excluding carboxylic acids is 1. The fraction of sp³-hybridized carbons (Fsp3) is 0.600. The van der Waals surface area contributed by atoms with Gasteiger partial charge < -0.3 is 15.3 Å². The van der Waals surface area contributed by atoms with Crippen LogP contribution in [-0.4, -0.2) is 48.1 Å². The average Bonchev–Trinajstić information content (AvgIpc) is 2.87. The number of nitrogens with zero attached hydrogens (tertiary/aromatic N) is 1. The van der Waals surface area contributed by atoms with Crippen LogP contribution in [0, 0.1) is 11.8 Å². The highest BCUT2D eigenvalue weighted by atomic mass is 16.4. The third-order valence-corrected chi connectivity index (χ3v) is 3.71. The van der Waals surface area contributed by atoms with Crippen LogP contribution in [0.15, 0.2) is 25.3 Å². The van der Waals surface area contributed by atoms with Crippen LogP contribution < -0.4 is 5.32 Å². The minimum atomic E-state index is -0.722. The normalized spacial score (nSPS) is 21.4. The molecule has 0 aromatic rings. The lowest BCUT2D eigenvalue weighted by atomic mass is 9.96. The molecule has 0 aliphatic heterocycles. The second-order valence-corrected chi connectivity index (χ2v) is 5.14. The van der Waals surface area contributed by atoms with E-state index < -0.39 is 5.97 Å². The van der Waals surface area contributed by atoms with Gasteiger partial charge in [-0.2, -0.15) is 0 Å². The molecule has 2 N–H and O–H groups in total. The van der Waals surface area contributed by atoms with Crippen molar-refractivity contribution in [2.75, 3.05) is 26.2 Å². The Bertz CT molecular complexity index is 358. The molecule has 0 saturated heterocycles. The van der Waals surface area contributed by atoms with Crippen molar-refractivity contribution in [3.05, 3.63) is 25.3 Å². The topological polar surface area (TPSA) is 69.6 Å². The molecule has 0 radical (unpaired) electrons. The number of amides is 1. The first-order valence-corrected chi connectivity index (χ1v) is 7.03. The lowest BCUT2D eigenvalue weighted by Crippen LogP contribution is -2.40. The fourth-order valence-electron chi connectivity index (χ4n) is 2.67. The standard InChI is InChI=1S/C15H24N2O3/c1-3-8-17(9-4-2)14(18)11-16-10-12-6-5-7-13(12)15(19)20/h3-4,12-13,16H,1-2,5-11H2,(H,19,20). The molecule has 20 heavy (non-hydrogen) atoms. The summed E-state index contributed by atoms with van der Waals surface area (Å²) in [5.74, 6) is -0.877. The Balaban J connectivity index is 2.35. The number of nitrogens with one attached hydrogen (secondary N) is 1. The Morgan fingerprint density at radius 1 is 1.25 bits per heavy atom. The van der Waals surface area contributed by atoms with Crippen molar-refractivity contribution < 1.29 is 14.7 Å². The molecule has 0 bridgehead atoms. The third-order valence-electron chi connectivity index (χ3n) is 3.71. The van der Waals surface area contributed by atoms with Crippen LogP contribution in [0.4, 0.5) is 0 Å². The molecule has 2 unspecified atom stereocenters. The molecule has 1 aliphatic rings. The molecule has 2 atom stereocenters. The Morgan fingerprint density at radius 2 is 1.90 bits per heavy atom. The molecule has 1 rings (SSSR count). The minimum absolute atomic E-state index is 0.0188. The molecule has 0 heterocycles. The molecule has 1 amide bonds. The maximum atomic E-state index is 12.0. The first kappa shape index (κ1) is 16.4. The zero-order valence-electron chi connectivity index (χ0n) is 11.9. The summed E-state index contributed by atoms with van der Waals surface area (Å²) in [7, 11) is 0. The van der Waals surface area contributed by atoms with E-state index in [4.69, 9.17) is 5.11 Å². The molecule has 0 aromatic carbocycles. The van der Waals surface area contributed by atoms with Gasteiger partial charge in [-0.1, -0.05) is 18.6 Å². The monoisotopic (exact) mass is 280 g/mol. The highest BCUT2D eigenvalue weighted by molar-refractivity contribution is 5.78. The van der Waals surface area contributed by atoms with Gasteiger partial charge in [0.05, 0.1) is 12.5 Å². The van der Waals surface area contributed by atoms with E-state index >= 15 is 0 Å². The number of aliphatic carboxylic acids is 1. The summed E-state index contributed by atoms with van der Waals surface area (Å²) in [5.41, 5.74) is 0. The van der Waals surface area contributed by atoms with Crippen LogP contribution in [0.1, 0.15) is 19.3 Å². The van der Waals surface area contributed by atoms with Gasteiger partial charge in [0.2, 0.25) is 5.91 Å². The molecular weight excluding hydrogens is 256 g/mol. The summed E-state index contributed by atoms with van der Waals surface area (Å²) in [6.45, 7) is 9.04. The number of carboxylic acids is 1. The van der Waals surface area contributed by atoms with Gasteiger partial charge in [0.25, 0.3) is 0 Å². The highest BCUT2D eigenvalue weighted by Gasteiger charge is 2.32. The summed E-state index contributed by atoms with van der Waals surface area (Å²) in [6.07, 6.45) is 5.98. The maximum absolute atomic E-state index is 12.0. The molecule has 0 spiro atoms.